The van der Waals surface area contributed by atoms with Crippen LogP contribution in [0.25, 0.3) is 0 Å². The van der Waals surface area contributed by atoms with Crippen LogP contribution in [0.2, 0.25) is 0 Å². The zero-order valence-electron chi connectivity index (χ0n) is 12.1. The lowest BCUT2D eigenvalue weighted by atomic mass is 9.96. The standard InChI is InChI=1S/C14H15F3N2O3S/c1-23-9-4-2-3-8(5-9)18-13(22)19-6-10(12(20)21)11(7-19)14(15,16)17/h2-5,10-11H,6-7H2,1H3,(H,18,22)(H,20,21)/t10-,11-/m1/s1. The first-order valence-corrected chi connectivity index (χ1v) is 7.94. The first kappa shape index (κ1) is 17.5. The van der Waals surface area contributed by atoms with Crippen molar-refractivity contribution in [3.05, 3.63) is 24.3 Å². The third-order valence-electron chi connectivity index (χ3n) is 3.67. The van der Waals surface area contributed by atoms with Crippen molar-refractivity contribution in [2.45, 2.75) is 11.1 Å². The van der Waals surface area contributed by atoms with Gasteiger partial charge in [0.05, 0.1) is 11.8 Å². The number of hydrogen-bond acceptors (Lipinski definition) is 3. The van der Waals surface area contributed by atoms with Gasteiger partial charge in [0.1, 0.15) is 0 Å². The van der Waals surface area contributed by atoms with Gasteiger partial charge in [0, 0.05) is 23.7 Å². The lowest BCUT2D eigenvalue weighted by Crippen LogP contribution is -2.35. The molecule has 1 heterocycles. The molecule has 126 valence electrons. The van der Waals surface area contributed by atoms with E-state index >= 15 is 0 Å². The summed E-state index contributed by atoms with van der Waals surface area (Å²) in [5.41, 5.74) is 0.448. The summed E-state index contributed by atoms with van der Waals surface area (Å²) in [6.45, 7) is -1.12. The number of carbonyl (C=O) groups is 2. The van der Waals surface area contributed by atoms with Gasteiger partial charge in [0.2, 0.25) is 0 Å². The van der Waals surface area contributed by atoms with Crippen molar-refractivity contribution in [2.75, 3.05) is 24.7 Å². The molecular formula is C14H15F3N2O3S. The summed E-state index contributed by atoms with van der Waals surface area (Å²) in [5.74, 6) is -5.24. The number of carboxylic acids is 1. The molecule has 23 heavy (non-hydrogen) atoms. The Morgan fingerprint density at radius 3 is 2.57 bits per heavy atom. The summed E-state index contributed by atoms with van der Waals surface area (Å²) >= 11 is 1.46. The van der Waals surface area contributed by atoms with E-state index in [1.807, 2.05) is 12.3 Å². The van der Waals surface area contributed by atoms with Crippen LogP contribution in [0.3, 0.4) is 0 Å². The van der Waals surface area contributed by atoms with E-state index in [0.29, 0.717) is 5.69 Å². The van der Waals surface area contributed by atoms with Crippen LogP contribution in [-0.2, 0) is 4.79 Å². The summed E-state index contributed by atoms with van der Waals surface area (Å²) < 4.78 is 38.7. The van der Waals surface area contributed by atoms with Crippen molar-refractivity contribution in [1.82, 2.24) is 4.90 Å². The molecule has 0 aromatic heterocycles. The molecule has 2 amide bonds. The van der Waals surface area contributed by atoms with Crippen LogP contribution in [0.1, 0.15) is 0 Å². The fourth-order valence-corrected chi connectivity index (χ4v) is 2.91. The van der Waals surface area contributed by atoms with Gasteiger partial charge >= 0.3 is 18.2 Å². The van der Waals surface area contributed by atoms with E-state index in [1.165, 1.54) is 11.8 Å². The molecule has 1 fully saturated rings. The summed E-state index contributed by atoms with van der Waals surface area (Å²) in [5, 5.41) is 11.4. The third kappa shape index (κ3) is 4.10. The van der Waals surface area contributed by atoms with Gasteiger partial charge in [-0.25, -0.2) is 4.79 Å². The van der Waals surface area contributed by atoms with Crippen LogP contribution in [0, 0.1) is 11.8 Å². The topological polar surface area (TPSA) is 69.6 Å². The molecule has 0 spiro atoms. The Balaban J connectivity index is 2.09. The van der Waals surface area contributed by atoms with Crippen molar-refractivity contribution >= 4 is 29.4 Å². The van der Waals surface area contributed by atoms with Crippen molar-refractivity contribution in [2.24, 2.45) is 11.8 Å². The van der Waals surface area contributed by atoms with Crippen LogP contribution < -0.4 is 5.32 Å². The fourth-order valence-electron chi connectivity index (χ4n) is 2.45. The summed E-state index contributed by atoms with van der Waals surface area (Å²) in [6.07, 6.45) is -2.80. The Hall–Kier alpha value is -1.90. The lowest BCUT2D eigenvalue weighted by molar-refractivity contribution is -0.187. The Bertz CT molecular complexity index is 609. The molecule has 0 bridgehead atoms. The normalized spacial score (nSPS) is 21.3. The van der Waals surface area contributed by atoms with E-state index in [1.54, 1.807) is 18.2 Å². The highest BCUT2D eigenvalue weighted by molar-refractivity contribution is 7.98. The number of thioether (sulfide) groups is 1. The number of alkyl halides is 3. The zero-order valence-corrected chi connectivity index (χ0v) is 12.9. The summed E-state index contributed by atoms with van der Waals surface area (Å²) in [7, 11) is 0. The van der Waals surface area contributed by atoms with Gasteiger partial charge in [0.25, 0.3) is 0 Å². The number of hydrogen-bond donors (Lipinski definition) is 2. The van der Waals surface area contributed by atoms with Gasteiger partial charge in [-0.05, 0) is 24.5 Å². The van der Waals surface area contributed by atoms with Gasteiger partial charge in [0.15, 0.2) is 0 Å². The van der Waals surface area contributed by atoms with Crippen LogP contribution in [-0.4, -0.2) is 47.5 Å². The number of amides is 2. The first-order chi connectivity index (χ1) is 10.7. The molecule has 9 heteroatoms. The number of carbonyl (C=O) groups excluding carboxylic acids is 1. The molecule has 2 atom stereocenters. The Morgan fingerprint density at radius 1 is 1.35 bits per heavy atom. The van der Waals surface area contributed by atoms with E-state index in [-0.39, 0.29) is 0 Å². The van der Waals surface area contributed by atoms with Crippen LogP contribution >= 0.6 is 11.8 Å². The predicted octanol–water partition coefficient (Wildman–Crippen LogP) is 3.14. The number of rotatable bonds is 3. The monoisotopic (exact) mass is 348 g/mol. The number of benzene rings is 1. The van der Waals surface area contributed by atoms with E-state index in [4.69, 9.17) is 5.11 Å². The number of urea groups is 1. The van der Waals surface area contributed by atoms with Gasteiger partial charge < -0.3 is 15.3 Å². The molecule has 0 aliphatic carbocycles. The van der Waals surface area contributed by atoms with Crippen molar-refractivity contribution in [3.8, 4) is 0 Å². The molecule has 1 aliphatic rings. The molecule has 1 aromatic carbocycles. The molecule has 0 saturated carbocycles. The number of aliphatic carboxylic acids is 1. The average molecular weight is 348 g/mol. The molecule has 2 rings (SSSR count). The molecule has 1 aliphatic heterocycles. The number of carboxylic acid groups (broad SMARTS) is 1. The van der Waals surface area contributed by atoms with Gasteiger partial charge in [-0.1, -0.05) is 6.07 Å². The van der Waals surface area contributed by atoms with Crippen molar-refractivity contribution in [1.29, 1.82) is 0 Å². The van der Waals surface area contributed by atoms with Crippen LogP contribution in [0.4, 0.5) is 23.7 Å². The summed E-state index contributed by atoms with van der Waals surface area (Å²) in [4.78, 5) is 24.9. The van der Waals surface area contributed by atoms with Gasteiger partial charge in [-0.15, -0.1) is 11.8 Å². The highest BCUT2D eigenvalue weighted by Crippen LogP contribution is 2.37. The Morgan fingerprint density at radius 2 is 2.04 bits per heavy atom. The molecule has 1 saturated heterocycles. The maximum Gasteiger partial charge on any atom is 0.394 e. The molecular weight excluding hydrogens is 333 g/mol. The zero-order chi connectivity index (χ0) is 17.2. The largest absolute Gasteiger partial charge is 0.481 e. The Labute approximate surface area is 134 Å². The highest BCUT2D eigenvalue weighted by Gasteiger charge is 2.53. The minimum Gasteiger partial charge on any atom is -0.481 e. The second-order valence-corrected chi connectivity index (χ2v) is 6.04. The number of anilines is 1. The smallest absolute Gasteiger partial charge is 0.394 e. The SMILES string of the molecule is CSc1cccc(NC(=O)N2C[C@@H](C(F)(F)F)[C@H](C(=O)O)C2)c1. The van der Waals surface area contributed by atoms with E-state index in [2.05, 4.69) is 5.32 Å². The van der Waals surface area contributed by atoms with Gasteiger partial charge in [-0.3, -0.25) is 4.79 Å². The number of nitrogens with one attached hydrogen (secondary N) is 1. The maximum absolute atomic E-state index is 12.9. The second kappa shape index (κ2) is 6.69. The minimum atomic E-state index is -4.66. The van der Waals surface area contributed by atoms with Crippen LogP contribution in [0.15, 0.2) is 29.2 Å². The summed E-state index contributed by atoms with van der Waals surface area (Å²) in [6, 6.07) is 6.11. The highest BCUT2D eigenvalue weighted by atomic mass is 32.2. The number of halogens is 3. The number of nitrogens with zero attached hydrogens (tertiary/aromatic N) is 1. The average Bonchev–Trinajstić information content (AvgIpc) is 2.93. The molecule has 0 radical (unpaired) electrons. The minimum absolute atomic E-state index is 0.448. The third-order valence-corrected chi connectivity index (χ3v) is 4.39. The van der Waals surface area contributed by atoms with Crippen LogP contribution in [0.5, 0.6) is 0 Å². The first-order valence-electron chi connectivity index (χ1n) is 6.72. The molecule has 0 unspecified atom stereocenters. The van der Waals surface area contributed by atoms with E-state index < -0.39 is 43.1 Å². The van der Waals surface area contributed by atoms with E-state index in [9.17, 15) is 22.8 Å². The van der Waals surface area contributed by atoms with Crippen molar-refractivity contribution < 1.29 is 27.9 Å². The van der Waals surface area contributed by atoms with Crippen molar-refractivity contribution in [3.63, 3.8) is 0 Å². The molecule has 2 N–H and O–H groups in total. The predicted molar refractivity (Wildman–Crippen MR) is 79.5 cm³/mol. The van der Waals surface area contributed by atoms with E-state index in [0.717, 1.165) is 9.80 Å². The van der Waals surface area contributed by atoms with Gasteiger partial charge in [-0.2, -0.15) is 13.2 Å². The fraction of sp³-hybridized carbons (Fsp3) is 0.429. The molecule has 5 nitrogen and oxygen atoms in total. The second-order valence-electron chi connectivity index (χ2n) is 5.16. The molecule has 1 aromatic rings. The Kier molecular flexibility index (Phi) is 5.08. The quantitative estimate of drug-likeness (QED) is 0.824. The number of likely N-dealkylation sites (tertiary alicyclic amines) is 1. The maximum atomic E-state index is 12.9. The lowest BCUT2D eigenvalue weighted by Gasteiger charge is -2.18.